The molecule has 2 aromatic heterocycles. The van der Waals surface area contributed by atoms with Crippen LogP contribution in [0.25, 0.3) is 5.69 Å². The Hall–Kier alpha value is -3.66. The summed E-state index contributed by atoms with van der Waals surface area (Å²) in [7, 11) is 1.67. The molecule has 0 saturated heterocycles. The van der Waals surface area contributed by atoms with E-state index in [2.05, 4.69) is 31.2 Å². The number of ether oxygens (including phenoxy) is 1. The molecule has 5 rings (SSSR count). The molecule has 1 aliphatic rings. The van der Waals surface area contributed by atoms with E-state index in [0.717, 1.165) is 42.0 Å². The lowest BCUT2D eigenvalue weighted by molar-refractivity contribution is 0.355. The van der Waals surface area contributed by atoms with Crippen LogP contribution in [-0.4, -0.2) is 48.4 Å². The Balaban J connectivity index is 1.37. The molecule has 1 N–H and O–H groups in total. The number of halogens is 1. The van der Waals surface area contributed by atoms with Gasteiger partial charge in [0.1, 0.15) is 17.9 Å². The molecule has 1 saturated carbocycles. The first-order valence-electron chi connectivity index (χ1n) is 10.9. The maximum absolute atomic E-state index is 13.6. The zero-order chi connectivity index (χ0) is 22.6. The number of rotatable bonds is 8. The second-order valence-corrected chi connectivity index (χ2v) is 8.28. The van der Waals surface area contributed by atoms with Crippen LogP contribution in [0.2, 0.25) is 0 Å². The van der Waals surface area contributed by atoms with Crippen molar-refractivity contribution in [2.24, 2.45) is 5.92 Å². The van der Waals surface area contributed by atoms with Gasteiger partial charge in [-0.15, -0.1) is 10.2 Å². The van der Waals surface area contributed by atoms with Crippen LogP contribution in [0, 0.1) is 11.7 Å². The van der Waals surface area contributed by atoms with Gasteiger partial charge in [0.25, 0.3) is 0 Å². The van der Waals surface area contributed by atoms with Gasteiger partial charge in [0.2, 0.25) is 0 Å². The summed E-state index contributed by atoms with van der Waals surface area (Å²) in [5, 5.41) is 23.2. The van der Waals surface area contributed by atoms with Crippen LogP contribution in [0.15, 0.2) is 61.2 Å². The maximum atomic E-state index is 13.6. The minimum absolute atomic E-state index is 0.224. The van der Waals surface area contributed by atoms with Crippen molar-refractivity contribution in [3.05, 3.63) is 78.1 Å². The summed E-state index contributed by atoms with van der Waals surface area (Å²) < 4.78 is 22.7. The lowest BCUT2D eigenvalue weighted by Gasteiger charge is -2.27. The zero-order valence-electron chi connectivity index (χ0n) is 18.3. The topological polar surface area (TPSA) is 95.6 Å². The van der Waals surface area contributed by atoms with Crippen molar-refractivity contribution in [1.29, 1.82) is 0 Å². The second-order valence-electron chi connectivity index (χ2n) is 8.28. The van der Waals surface area contributed by atoms with Gasteiger partial charge in [-0.1, -0.05) is 17.3 Å². The molecule has 3 unspecified atom stereocenters. The fraction of sp³-hybridized carbons (Fsp3) is 0.348. The largest absolute Gasteiger partial charge is 0.496 e. The first kappa shape index (κ1) is 21.2. The second kappa shape index (κ2) is 9.45. The molecule has 2 aromatic carbocycles. The fourth-order valence-electron chi connectivity index (χ4n) is 4.84. The minimum Gasteiger partial charge on any atom is -0.496 e. The third kappa shape index (κ3) is 4.61. The highest BCUT2D eigenvalue weighted by molar-refractivity contribution is 5.43. The van der Waals surface area contributed by atoms with Gasteiger partial charge in [-0.2, -0.15) is 0 Å². The van der Waals surface area contributed by atoms with Gasteiger partial charge >= 0.3 is 0 Å². The molecule has 0 bridgehead atoms. The average Bonchev–Trinajstić information content (AvgIpc) is 3.61. The molecule has 1 fully saturated rings. The summed E-state index contributed by atoms with van der Waals surface area (Å²) in [4.78, 5) is 0. The Morgan fingerprint density at radius 2 is 1.97 bits per heavy atom. The summed E-state index contributed by atoms with van der Waals surface area (Å²) in [6, 6.07) is 13.0. The SMILES string of the molecule is COc1ccc(-n2cnnn2)cc1CNC1CCC(Cn2ccnn2)C1c1ccc(F)cc1. The van der Waals surface area contributed by atoms with Gasteiger partial charge in [-0.25, -0.2) is 9.07 Å². The molecular weight excluding hydrogens is 423 g/mol. The van der Waals surface area contributed by atoms with Crippen LogP contribution in [0.4, 0.5) is 4.39 Å². The van der Waals surface area contributed by atoms with Gasteiger partial charge in [0.05, 0.1) is 19.0 Å². The van der Waals surface area contributed by atoms with E-state index in [-0.39, 0.29) is 17.8 Å². The number of methoxy groups -OCH3 is 1. The molecule has 0 aliphatic heterocycles. The molecule has 0 spiro atoms. The number of benzene rings is 2. The van der Waals surface area contributed by atoms with E-state index in [0.29, 0.717) is 12.5 Å². The van der Waals surface area contributed by atoms with Crippen molar-refractivity contribution in [1.82, 2.24) is 40.5 Å². The number of nitrogens with one attached hydrogen (secondary N) is 1. The monoisotopic (exact) mass is 448 g/mol. The molecule has 9 nitrogen and oxygen atoms in total. The summed E-state index contributed by atoms with van der Waals surface area (Å²) >= 11 is 0. The molecule has 2 heterocycles. The predicted molar refractivity (Wildman–Crippen MR) is 118 cm³/mol. The normalized spacial score (nSPS) is 20.2. The van der Waals surface area contributed by atoms with Crippen LogP contribution in [0.5, 0.6) is 5.75 Å². The fourth-order valence-corrected chi connectivity index (χ4v) is 4.84. The van der Waals surface area contributed by atoms with E-state index < -0.39 is 0 Å². The van der Waals surface area contributed by atoms with Gasteiger partial charge in [0.15, 0.2) is 0 Å². The molecule has 1 aliphatic carbocycles. The number of aromatic nitrogens is 7. The highest BCUT2D eigenvalue weighted by Gasteiger charge is 2.37. The Morgan fingerprint density at radius 1 is 1.09 bits per heavy atom. The van der Waals surface area contributed by atoms with Crippen molar-refractivity contribution in [2.75, 3.05) is 7.11 Å². The van der Waals surface area contributed by atoms with Crippen LogP contribution in [0.3, 0.4) is 0 Å². The van der Waals surface area contributed by atoms with E-state index in [9.17, 15) is 4.39 Å². The molecule has 0 radical (unpaired) electrons. The van der Waals surface area contributed by atoms with E-state index in [1.807, 2.05) is 41.2 Å². The van der Waals surface area contributed by atoms with E-state index >= 15 is 0 Å². The van der Waals surface area contributed by atoms with Crippen LogP contribution in [0.1, 0.15) is 29.9 Å². The van der Waals surface area contributed by atoms with Gasteiger partial charge in [0, 0.05) is 36.8 Å². The number of hydrogen-bond donors (Lipinski definition) is 1. The van der Waals surface area contributed by atoms with Crippen molar-refractivity contribution >= 4 is 0 Å². The molecule has 170 valence electrons. The maximum Gasteiger partial charge on any atom is 0.143 e. The smallest absolute Gasteiger partial charge is 0.143 e. The van der Waals surface area contributed by atoms with Crippen LogP contribution >= 0.6 is 0 Å². The van der Waals surface area contributed by atoms with E-state index in [4.69, 9.17) is 4.74 Å². The Bertz CT molecular complexity index is 1160. The Labute approximate surface area is 190 Å². The first-order valence-corrected chi connectivity index (χ1v) is 10.9. The Morgan fingerprint density at radius 3 is 2.70 bits per heavy atom. The first-order chi connectivity index (χ1) is 16.2. The number of hydrogen-bond acceptors (Lipinski definition) is 7. The highest BCUT2D eigenvalue weighted by Crippen LogP contribution is 2.41. The van der Waals surface area contributed by atoms with Crippen molar-refractivity contribution in [3.63, 3.8) is 0 Å². The molecule has 3 atom stereocenters. The quantitative estimate of drug-likeness (QED) is 0.443. The molecule has 4 aromatic rings. The summed E-state index contributed by atoms with van der Waals surface area (Å²) in [6.45, 7) is 1.40. The van der Waals surface area contributed by atoms with Crippen molar-refractivity contribution in [3.8, 4) is 11.4 Å². The summed E-state index contributed by atoms with van der Waals surface area (Å²) in [5.74, 6) is 1.17. The lowest BCUT2D eigenvalue weighted by Crippen LogP contribution is -2.33. The molecule has 0 amide bonds. The van der Waals surface area contributed by atoms with Gasteiger partial charge in [-0.3, -0.25) is 4.68 Å². The standard InChI is InChI=1S/C23H25FN8O/c1-33-22-9-7-20(32-15-27-28-30-32)12-18(22)13-25-21-8-4-17(14-31-11-10-26-29-31)23(21)16-2-5-19(24)6-3-16/h2-3,5-7,9-12,15,17,21,23,25H,4,8,13-14H2,1H3. The summed E-state index contributed by atoms with van der Waals surface area (Å²) in [5.41, 5.74) is 3.01. The third-order valence-electron chi connectivity index (χ3n) is 6.37. The zero-order valence-corrected chi connectivity index (χ0v) is 18.3. The minimum atomic E-state index is -0.224. The number of nitrogens with zero attached hydrogens (tertiary/aromatic N) is 7. The lowest BCUT2D eigenvalue weighted by atomic mass is 9.86. The molecular formula is C23H25FN8O. The Kier molecular flexibility index (Phi) is 6.07. The average molecular weight is 449 g/mol. The molecule has 33 heavy (non-hydrogen) atoms. The molecule has 10 heteroatoms. The highest BCUT2D eigenvalue weighted by atomic mass is 19.1. The third-order valence-corrected chi connectivity index (χ3v) is 6.37. The van der Waals surface area contributed by atoms with Crippen LogP contribution < -0.4 is 10.1 Å². The van der Waals surface area contributed by atoms with Gasteiger partial charge < -0.3 is 10.1 Å². The van der Waals surface area contributed by atoms with E-state index in [1.165, 1.54) is 12.1 Å². The van der Waals surface area contributed by atoms with Crippen molar-refractivity contribution in [2.45, 2.75) is 37.9 Å². The van der Waals surface area contributed by atoms with Crippen LogP contribution in [-0.2, 0) is 13.1 Å². The van der Waals surface area contributed by atoms with E-state index in [1.54, 1.807) is 24.3 Å². The summed E-state index contributed by atoms with van der Waals surface area (Å²) in [6.07, 6.45) is 7.20. The number of tetrazole rings is 1. The van der Waals surface area contributed by atoms with Gasteiger partial charge in [-0.05, 0) is 65.1 Å². The van der Waals surface area contributed by atoms with Crippen molar-refractivity contribution < 1.29 is 9.13 Å². The predicted octanol–water partition coefficient (Wildman–Crippen LogP) is 2.75.